The number of likely N-dealkylation sites (N-methyl/N-ethyl adjacent to an activating group) is 1. The summed E-state index contributed by atoms with van der Waals surface area (Å²) in [4.78, 5) is 4.66. The zero-order valence-electron chi connectivity index (χ0n) is 12.2. The van der Waals surface area contributed by atoms with Gasteiger partial charge in [0.1, 0.15) is 4.90 Å². The number of hydrogen-bond acceptors (Lipinski definition) is 5. The molecule has 116 valence electrons. The summed E-state index contributed by atoms with van der Waals surface area (Å²) in [5.41, 5.74) is 7.11. The van der Waals surface area contributed by atoms with E-state index >= 15 is 0 Å². The smallest absolute Gasteiger partial charge is 0.240 e. The number of rotatable bonds is 2. The molecular formula is C14H22N4O2S. The minimum atomic E-state index is -3.79. The molecule has 0 spiro atoms. The second kappa shape index (κ2) is 5.15. The van der Waals surface area contributed by atoms with Crippen molar-refractivity contribution in [3.63, 3.8) is 0 Å². The minimum absolute atomic E-state index is 0.0164. The van der Waals surface area contributed by atoms with Crippen LogP contribution in [0.5, 0.6) is 0 Å². The largest absolute Gasteiger partial charge is 0.396 e. The van der Waals surface area contributed by atoms with E-state index in [9.17, 15) is 8.42 Å². The van der Waals surface area contributed by atoms with Gasteiger partial charge in [-0.1, -0.05) is 6.07 Å². The molecule has 2 fully saturated rings. The third-order valence-electron chi connectivity index (χ3n) is 4.84. The Balaban J connectivity index is 1.94. The molecule has 0 radical (unpaired) electrons. The van der Waals surface area contributed by atoms with E-state index in [-0.39, 0.29) is 10.6 Å². The van der Waals surface area contributed by atoms with Crippen molar-refractivity contribution in [1.29, 1.82) is 0 Å². The number of nitrogens with two attached hydrogens (primary N) is 2. The first-order valence-corrected chi connectivity index (χ1v) is 8.80. The Kier molecular flexibility index (Phi) is 3.59. The van der Waals surface area contributed by atoms with Gasteiger partial charge in [-0.25, -0.2) is 13.6 Å². The highest BCUT2D eigenvalue weighted by Crippen LogP contribution is 2.34. The second-order valence-corrected chi connectivity index (χ2v) is 7.55. The van der Waals surface area contributed by atoms with Crippen molar-refractivity contribution in [2.45, 2.75) is 36.2 Å². The number of anilines is 2. The van der Waals surface area contributed by atoms with Crippen LogP contribution in [0, 0.1) is 0 Å². The van der Waals surface area contributed by atoms with Gasteiger partial charge in [0.25, 0.3) is 0 Å². The van der Waals surface area contributed by atoms with Crippen LogP contribution in [-0.4, -0.2) is 45.5 Å². The van der Waals surface area contributed by atoms with Crippen LogP contribution in [0.3, 0.4) is 0 Å². The molecule has 2 saturated heterocycles. The van der Waals surface area contributed by atoms with Crippen molar-refractivity contribution in [1.82, 2.24) is 4.90 Å². The van der Waals surface area contributed by atoms with Gasteiger partial charge in [-0.2, -0.15) is 0 Å². The number of benzene rings is 1. The van der Waals surface area contributed by atoms with Gasteiger partial charge in [0, 0.05) is 25.2 Å². The molecule has 1 aromatic rings. The summed E-state index contributed by atoms with van der Waals surface area (Å²) in [7, 11) is -1.61. The average molecular weight is 310 g/mol. The molecule has 0 amide bonds. The molecule has 2 bridgehead atoms. The Morgan fingerprint density at radius 2 is 1.90 bits per heavy atom. The van der Waals surface area contributed by atoms with Crippen LogP contribution in [0.2, 0.25) is 0 Å². The molecule has 6 nitrogen and oxygen atoms in total. The quantitative estimate of drug-likeness (QED) is 0.780. The van der Waals surface area contributed by atoms with Gasteiger partial charge < -0.3 is 10.6 Å². The normalized spacial score (nSPS) is 26.9. The summed E-state index contributed by atoms with van der Waals surface area (Å²) >= 11 is 0. The molecule has 0 saturated carbocycles. The van der Waals surface area contributed by atoms with Crippen LogP contribution in [0.15, 0.2) is 23.1 Å². The summed E-state index contributed by atoms with van der Waals surface area (Å²) in [6, 6.07) is 6.18. The lowest BCUT2D eigenvalue weighted by molar-refractivity contribution is 0.254. The van der Waals surface area contributed by atoms with E-state index in [1.807, 2.05) is 6.07 Å². The van der Waals surface area contributed by atoms with E-state index in [0.29, 0.717) is 12.1 Å². The van der Waals surface area contributed by atoms with Crippen molar-refractivity contribution >= 4 is 21.4 Å². The zero-order chi connectivity index (χ0) is 15.2. The van der Waals surface area contributed by atoms with Crippen LogP contribution in [0.4, 0.5) is 11.4 Å². The lowest BCUT2D eigenvalue weighted by Crippen LogP contribution is -2.37. The standard InChI is InChI=1S/C14H22N4O2S/c1-17-10-5-6-11(17)9-18(8-7-10)12-3-2-4-13(14(12)15)21(16,19)20/h2-4,10-11H,5-9,15H2,1H3,(H2,16,19,20). The van der Waals surface area contributed by atoms with Crippen LogP contribution >= 0.6 is 0 Å². The fourth-order valence-corrected chi connectivity index (χ4v) is 4.26. The molecule has 2 unspecified atom stereocenters. The number of primary sulfonamides is 1. The topological polar surface area (TPSA) is 92.7 Å². The van der Waals surface area contributed by atoms with Crippen LogP contribution in [-0.2, 0) is 10.0 Å². The fraction of sp³-hybridized carbons (Fsp3) is 0.571. The maximum absolute atomic E-state index is 11.6. The van der Waals surface area contributed by atoms with Crippen LogP contribution in [0.25, 0.3) is 0 Å². The van der Waals surface area contributed by atoms with E-state index < -0.39 is 10.0 Å². The van der Waals surface area contributed by atoms with Crippen molar-refractivity contribution in [2.24, 2.45) is 5.14 Å². The highest BCUT2D eigenvalue weighted by molar-refractivity contribution is 7.89. The molecule has 0 aromatic heterocycles. The molecule has 3 rings (SSSR count). The molecule has 2 atom stereocenters. The third kappa shape index (κ3) is 2.61. The van der Waals surface area contributed by atoms with Gasteiger partial charge in [-0.3, -0.25) is 4.90 Å². The van der Waals surface area contributed by atoms with E-state index in [1.54, 1.807) is 6.07 Å². The number of para-hydroxylation sites is 1. The van der Waals surface area contributed by atoms with Crippen molar-refractivity contribution in [3.05, 3.63) is 18.2 Å². The Bertz CT molecular complexity index is 646. The predicted octanol–water partition coefficient (Wildman–Crippen LogP) is 0.589. The summed E-state index contributed by atoms with van der Waals surface area (Å²) in [6.07, 6.45) is 3.51. The first-order chi connectivity index (χ1) is 9.88. The molecular weight excluding hydrogens is 288 g/mol. The molecule has 2 aliphatic rings. The number of nitrogen functional groups attached to an aromatic ring is 1. The predicted molar refractivity (Wildman–Crippen MR) is 83.6 cm³/mol. The summed E-state index contributed by atoms with van der Waals surface area (Å²) in [6.45, 7) is 1.77. The maximum Gasteiger partial charge on any atom is 0.240 e. The Hall–Kier alpha value is -1.31. The Morgan fingerprint density at radius 3 is 2.62 bits per heavy atom. The van der Waals surface area contributed by atoms with Gasteiger partial charge in [-0.05, 0) is 38.4 Å². The van der Waals surface area contributed by atoms with Gasteiger partial charge in [-0.15, -0.1) is 0 Å². The molecule has 7 heteroatoms. The van der Waals surface area contributed by atoms with Gasteiger partial charge in [0.05, 0.1) is 11.4 Å². The summed E-state index contributed by atoms with van der Waals surface area (Å²) in [5.74, 6) is 0. The van der Waals surface area contributed by atoms with Gasteiger partial charge in [0.2, 0.25) is 10.0 Å². The molecule has 0 aliphatic carbocycles. The van der Waals surface area contributed by atoms with Crippen molar-refractivity contribution in [3.8, 4) is 0 Å². The minimum Gasteiger partial charge on any atom is -0.396 e. The maximum atomic E-state index is 11.6. The zero-order valence-corrected chi connectivity index (χ0v) is 13.0. The fourth-order valence-electron chi connectivity index (χ4n) is 3.58. The number of fused-ring (bicyclic) bond motifs is 2. The van der Waals surface area contributed by atoms with Crippen LogP contribution < -0.4 is 15.8 Å². The first-order valence-electron chi connectivity index (χ1n) is 7.26. The van der Waals surface area contributed by atoms with Gasteiger partial charge in [0.15, 0.2) is 0 Å². The third-order valence-corrected chi connectivity index (χ3v) is 5.81. The highest BCUT2D eigenvalue weighted by atomic mass is 32.2. The summed E-state index contributed by atoms with van der Waals surface area (Å²) < 4.78 is 23.2. The SMILES string of the molecule is CN1C2CCC1CN(c1cccc(S(N)(=O)=O)c1N)CC2. The number of hydrogen-bond donors (Lipinski definition) is 2. The highest BCUT2D eigenvalue weighted by Gasteiger charge is 2.35. The Morgan fingerprint density at radius 1 is 1.19 bits per heavy atom. The molecule has 2 aliphatic heterocycles. The van der Waals surface area contributed by atoms with E-state index in [0.717, 1.165) is 25.2 Å². The number of nitrogens with zero attached hydrogens (tertiary/aromatic N) is 2. The average Bonchev–Trinajstić information content (AvgIpc) is 2.63. The molecule has 4 N–H and O–H groups in total. The van der Waals surface area contributed by atoms with E-state index in [2.05, 4.69) is 16.8 Å². The first kappa shape index (κ1) is 14.6. The second-order valence-electron chi connectivity index (χ2n) is 6.02. The van der Waals surface area contributed by atoms with Crippen molar-refractivity contribution in [2.75, 3.05) is 30.8 Å². The van der Waals surface area contributed by atoms with Crippen molar-refractivity contribution < 1.29 is 8.42 Å². The van der Waals surface area contributed by atoms with E-state index in [1.165, 1.54) is 18.9 Å². The molecule has 2 heterocycles. The lowest BCUT2D eigenvalue weighted by atomic mass is 10.1. The summed E-state index contributed by atoms with van der Waals surface area (Å²) in [5, 5.41) is 5.23. The molecule has 21 heavy (non-hydrogen) atoms. The van der Waals surface area contributed by atoms with E-state index in [4.69, 9.17) is 10.9 Å². The van der Waals surface area contributed by atoms with Crippen LogP contribution in [0.1, 0.15) is 19.3 Å². The Labute approximate surface area is 125 Å². The monoisotopic (exact) mass is 310 g/mol. The van der Waals surface area contributed by atoms with Gasteiger partial charge >= 0.3 is 0 Å². The molecule has 1 aromatic carbocycles. The lowest BCUT2D eigenvalue weighted by Gasteiger charge is -2.29. The number of sulfonamides is 1.